The molecule has 3 aromatic rings. The Labute approximate surface area is 189 Å². The largest absolute Gasteiger partial charge is 0.492 e. The summed E-state index contributed by atoms with van der Waals surface area (Å²) in [7, 11) is 0. The molecule has 1 aromatic heterocycles. The van der Waals surface area contributed by atoms with Gasteiger partial charge in [0.05, 0.1) is 22.1 Å². The number of amides is 1. The number of carbonyl (C=O) groups is 1. The molecule has 0 spiro atoms. The Kier molecular flexibility index (Phi) is 6.64. The van der Waals surface area contributed by atoms with Gasteiger partial charge >= 0.3 is 0 Å². The molecule has 1 amide bonds. The van der Waals surface area contributed by atoms with Crippen LogP contribution in [0.25, 0.3) is 11.0 Å². The van der Waals surface area contributed by atoms with Gasteiger partial charge in [0.2, 0.25) is 5.91 Å². The first kappa shape index (κ1) is 21.2. The Balaban J connectivity index is 1.23. The second kappa shape index (κ2) is 9.40. The van der Waals surface area contributed by atoms with Crippen molar-refractivity contribution < 1.29 is 9.53 Å². The van der Waals surface area contributed by atoms with Gasteiger partial charge in [-0.05, 0) is 78.0 Å². The molecule has 0 unspecified atom stereocenters. The third-order valence-electron chi connectivity index (χ3n) is 5.58. The maximum atomic E-state index is 12.6. The number of hydrogen-bond acceptors (Lipinski definition) is 3. The fourth-order valence-electron chi connectivity index (χ4n) is 3.89. The van der Waals surface area contributed by atoms with E-state index in [9.17, 15) is 4.79 Å². The molecule has 1 N–H and O–H groups in total. The second-order valence-corrected chi connectivity index (χ2v) is 9.12. The summed E-state index contributed by atoms with van der Waals surface area (Å²) in [6, 6.07) is 11.7. The number of aromatic amines is 1. The lowest BCUT2D eigenvalue weighted by Gasteiger charge is -2.31. The molecule has 7 heteroatoms. The fourth-order valence-corrected chi connectivity index (χ4v) is 4.69. The van der Waals surface area contributed by atoms with Crippen LogP contribution in [-0.4, -0.2) is 40.5 Å². The van der Waals surface area contributed by atoms with Gasteiger partial charge in [-0.3, -0.25) is 4.79 Å². The zero-order valence-corrected chi connectivity index (χ0v) is 19.3. The van der Waals surface area contributed by atoms with Gasteiger partial charge in [0.15, 0.2) is 0 Å². The number of halogens is 2. The monoisotopic (exact) mass is 489 g/mol. The van der Waals surface area contributed by atoms with E-state index in [1.807, 2.05) is 11.0 Å². The van der Waals surface area contributed by atoms with Crippen LogP contribution in [0.15, 0.2) is 40.9 Å². The third-order valence-corrected chi connectivity index (χ3v) is 6.43. The van der Waals surface area contributed by atoms with Gasteiger partial charge in [-0.1, -0.05) is 17.7 Å². The summed E-state index contributed by atoms with van der Waals surface area (Å²) < 4.78 is 6.58. The van der Waals surface area contributed by atoms with E-state index in [1.165, 1.54) is 5.56 Å². The molecule has 158 valence electrons. The topological polar surface area (TPSA) is 58.2 Å². The number of nitrogens with zero attached hydrogens (tertiary/aromatic N) is 2. The predicted molar refractivity (Wildman–Crippen MR) is 123 cm³/mol. The van der Waals surface area contributed by atoms with Gasteiger partial charge in [-0.2, -0.15) is 0 Å². The Hall–Kier alpha value is -2.05. The van der Waals surface area contributed by atoms with E-state index < -0.39 is 0 Å². The number of rotatable bonds is 6. The van der Waals surface area contributed by atoms with Crippen LogP contribution in [0.5, 0.6) is 5.75 Å². The number of likely N-dealkylation sites (tertiary alicyclic amines) is 1. The number of fused-ring (bicyclic) bond motifs is 1. The number of H-pyrrole nitrogens is 1. The number of aryl methyl sites for hydroxylation is 1. The van der Waals surface area contributed by atoms with E-state index in [4.69, 9.17) is 21.3 Å². The summed E-state index contributed by atoms with van der Waals surface area (Å²) in [5.41, 5.74) is 3.34. The van der Waals surface area contributed by atoms with Crippen molar-refractivity contribution in [2.45, 2.75) is 38.5 Å². The van der Waals surface area contributed by atoms with Crippen LogP contribution in [0.4, 0.5) is 0 Å². The molecule has 0 bridgehead atoms. The number of piperidine rings is 1. The average molecular weight is 491 g/mol. The van der Waals surface area contributed by atoms with Gasteiger partial charge in [0.1, 0.15) is 11.6 Å². The van der Waals surface area contributed by atoms with Crippen LogP contribution in [-0.2, 0) is 4.79 Å². The molecule has 1 aliphatic heterocycles. The van der Waals surface area contributed by atoms with E-state index in [0.29, 0.717) is 30.4 Å². The first-order valence-corrected chi connectivity index (χ1v) is 11.5. The predicted octanol–water partition coefficient (Wildman–Crippen LogP) is 5.85. The highest BCUT2D eigenvalue weighted by Crippen LogP contribution is 2.29. The summed E-state index contributed by atoms with van der Waals surface area (Å²) in [6.45, 7) is 4.15. The standard InChI is InChI=1S/C23H25BrClN3O2/c1-15-4-6-19-20(13-15)27-23(26-19)16-8-10-28(11-9-16)22(29)3-2-12-30-21-7-5-17(25)14-18(21)24/h4-7,13-14,16H,2-3,8-12H2,1H3,(H,26,27). The SMILES string of the molecule is Cc1ccc2nc(C3CCN(C(=O)CCCOc4ccc(Cl)cc4Br)CC3)[nH]c2c1. The van der Waals surface area contributed by atoms with E-state index in [2.05, 4.69) is 46.0 Å². The van der Waals surface area contributed by atoms with Crippen LogP contribution >= 0.6 is 27.5 Å². The van der Waals surface area contributed by atoms with Crippen LogP contribution in [0.1, 0.15) is 43.0 Å². The Morgan fingerprint density at radius 2 is 2.07 bits per heavy atom. The van der Waals surface area contributed by atoms with E-state index in [0.717, 1.165) is 53.0 Å². The normalized spacial score (nSPS) is 15.0. The van der Waals surface area contributed by atoms with E-state index in [-0.39, 0.29) is 5.91 Å². The molecular weight excluding hydrogens is 466 g/mol. The minimum atomic E-state index is 0.201. The molecule has 2 heterocycles. The lowest BCUT2D eigenvalue weighted by Crippen LogP contribution is -2.38. The minimum Gasteiger partial charge on any atom is -0.492 e. The number of nitrogens with one attached hydrogen (secondary N) is 1. The van der Waals surface area contributed by atoms with Crippen molar-refractivity contribution in [1.29, 1.82) is 0 Å². The fraction of sp³-hybridized carbons (Fsp3) is 0.391. The van der Waals surface area contributed by atoms with Gasteiger partial charge in [0.25, 0.3) is 0 Å². The number of carbonyl (C=O) groups excluding carboxylic acids is 1. The maximum Gasteiger partial charge on any atom is 0.222 e. The number of benzene rings is 2. The zero-order valence-electron chi connectivity index (χ0n) is 17.0. The quantitative estimate of drug-likeness (QED) is 0.441. The molecule has 4 rings (SSSR count). The van der Waals surface area contributed by atoms with Crippen molar-refractivity contribution >= 4 is 44.5 Å². The maximum absolute atomic E-state index is 12.6. The zero-order chi connectivity index (χ0) is 21.1. The summed E-state index contributed by atoms with van der Waals surface area (Å²) in [6.07, 6.45) is 3.08. The van der Waals surface area contributed by atoms with Crippen molar-refractivity contribution in [1.82, 2.24) is 14.9 Å². The number of aromatic nitrogens is 2. The van der Waals surface area contributed by atoms with Crippen molar-refractivity contribution in [3.63, 3.8) is 0 Å². The van der Waals surface area contributed by atoms with Crippen LogP contribution in [0, 0.1) is 6.92 Å². The molecular formula is C23H25BrClN3O2. The van der Waals surface area contributed by atoms with Crippen LogP contribution in [0.2, 0.25) is 5.02 Å². The smallest absolute Gasteiger partial charge is 0.222 e. The van der Waals surface area contributed by atoms with Crippen LogP contribution in [0.3, 0.4) is 0 Å². The molecule has 1 saturated heterocycles. The molecule has 0 saturated carbocycles. The number of ether oxygens (including phenoxy) is 1. The lowest BCUT2D eigenvalue weighted by atomic mass is 9.96. The van der Waals surface area contributed by atoms with Crippen molar-refractivity contribution in [3.05, 3.63) is 57.3 Å². The van der Waals surface area contributed by atoms with Crippen molar-refractivity contribution in [2.24, 2.45) is 0 Å². The summed E-state index contributed by atoms with van der Waals surface area (Å²) >= 11 is 9.38. The van der Waals surface area contributed by atoms with E-state index in [1.54, 1.807) is 12.1 Å². The van der Waals surface area contributed by atoms with Gasteiger partial charge in [0, 0.05) is 30.5 Å². The highest BCUT2D eigenvalue weighted by molar-refractivity contribution is 9.10. The first-order chi connectivity index (χ1) is 14.5. The Morgan fingerprint density at radius 1 is 1.27 bits per heavy atom. The molecule has 0 aliphatic carbocycles. The van der Waals surface area contributed by atoms with E-state index >= 15 is 0 Å². The van der Waals surface area contributed by atoms with Crippen molar-refractivity contribution in [2.75, 3.05) is 19.7 Å². The highest BCUT2D eigenvalue weighted by atomic mass is 79.9. The highest BCUT2D eigenvalue weighted by Gasteiger charge is 2.25. The molecule has 30 heavy (non-hydrogen) atoms. The van der Waals surface area contributed by atoms with Gasteiger partial charge < -0.3 is 14.6 Å². The lowest BCUT2D eigenvalue weighted by molar-refractivity contribution is -0.132. The summed E-state index contributed by atoms with van der Waals surface area (Å²) in [5, 5.41) is 0.658. The Bertz CT molecular complexity index is 1040. The van der Waals surface area contributed by atoms with Crippen LogP contribution < -0.4 is 4.74 Å². The molecule has 2 aromatic carbocycles. The van der Waals surface area contributed by atoms with Gasteiger partial charge in [-0.15, -0.1) is 0 Å². The Morgan fingerprint density at radius 3 is 2.83 bits per heavy atom. The van der Waals surface area contributed by atoms with Crippen molar-refractivity contribution in [3.8, 4) is 5.75 Å². The third kappa shape index (κ3) is 4.98. The summed E-state index contributed by atoms with van der Waals surface area (Å²) in [5.74, 6) is 2.37. The average Bonchev–Trinajstić information content (AvgIpc) is 3.15. The minimum absolute atomic E-state index is 0.201. The number of imidazole rings is 1. The molecule has 1 fully saturated rings. The first-order valence-electron chi connectivity index (χ1n) is 10.3. The molecule has 0 radical (unpaired) electrons. The second-order valence-electron chi connectivity index (χ2n) is 7.82. The molecule has 5 nitrogen and oxygen atoms in total. The summed E-state index contributed by atoms with van der Waals surface area (Å²) in [4.78, 5) is 22.8. The molecule has 0 atom stereocenters. The number of hydrogen-bond donors (Lipinski definition) is 1. The molecule has 1 aliphatic rings. The van der Waals surface area contributed by atoms with Gasteiger partial charge in [-0.25, -0.2) is 4.98 Å².